The highest BCUT2D eigenvalue weighted by Gasteiger charge is 2.18. The zero-order valence-corrected chi connectivity index (χ0v) is 16.3. The highest BCUT2D eigenvalue weighted by Crippen LogP contribution is 2.32. The summed E-state index contributed by atoms with van der Waals surface area (Å²) >= 11 is 0. The van der Waals surface area contributed by atoms with E-state index < -0.39 is 5.91 Å². The Morgan fingerprint density at radius 3 is 2.32 bits per heavy atom. The maximum Gasteiger partial charge on any atom is 0.249 e. The number of carbonyl (C=O) groups is 2. The summed E-state index contributed by atoms with van der Waals surface area (Å²) in [6, 6.07) is 14.8. The van der Waals surface area contributed by atoms with Crippen LogP contribution in [0.15, 0.2) is 48.5 Å². The van der Waals surface area contributed by atoms with Gasteiger partial charge in [-0.3, -0.25) is 9.59 Å². The van der Waals surface area contributed by atoms with Crippen molar-refractivity contribution in [2.24, 2.45) is 5.73 Å². The van der Waals surface area contributed by atoms with Crippen molar-refractivity contribution in [2.75, 3.05) is 39.8 Å². The third-order valence-electron chi connectivity index (χ3n) is 5.02. The molecule has 148 valence electrons. The highest BCUT2D eigenvalue weighted by molar-refractivity contribution is 6.00. The molecule has 0 bridgehead atoms. The molecule has 2 N–H and O–H groups in total. The average molecular weight is 381 g/mol. The first kappa shape index (κ1) is 19.9. The molecule has 28 heavy (non-hydrogen) atoms. The molecule has 1 heterocycles. The van der Waals surface area contributed by atoms with Crippen LogP contribution in [0, 0.1) is 0 Å². The molecule has 1 aliphatic rings. The first-order valence-corrected chi connectivity index (χ1v) is 9.63. The van der Waals surface area contributed by atoms with Crippen molar-refractivity contribution in [1.29, 1.82) is 0 Å². The second-order valence-electron chi connectivity index (χ2n) is 7.04. The van der Waals surface area contributed by atoms with Crippen LogP contribution in [0.2, 0.25) is 0 Å². The summed E-state index contributed by atoms with van der Waals surface area (Å²) in [6.45, 7) is 3.88. The Hall–Kier alpha value is -2.86. The van der Waals surface area contributed by atoms with E-state index in [9.17, 15) is 9.59 Å². The lowest BCUT2D eigenvalue weighted by molar-refractivity contribution is -0.133. The van der Waals surface area contributed by atoms with Crippen LogP contribution in [0.5, 0.6) is 5.75 Å². The van der Waals surface area contributed by atoms with Crippen LogP contribution in [0.25, 0.3) is 11.1 Å². The molecule has 0 radical (unpaired) electrons. The molecule has 0 unspecified atom stereocenters. The van der Waals surface area contributed by atoms with Crippen LogP contribution >= 0.6 is 0 Å². The van der Waals surface area contributed by atoms with Crippen molar-refractivity contribution in [2.45, 2.75) is 12.8 Å². The average Bonchev–Trinajstić information content (AvgIpc) is 2.72. The molecule has 1 aliphatic heterocycles. The van der Waals surface area contributed by atoms with Crippen molar-refractivity contribution < 1.29 is 14.3 Å². The minimum absolute atomic E-state index is 0.184. The number of hydrogen-bond donors (Lipinski definition) is 1. The highest BCUT2D eigenvalue weighted by atomic mass is 16.5. The van der Waals surface area contributed by atoms with Crippen molar-refractivity contribution in [3.63, 3.8) is 0 Å². The zero-order valence-electron chi connectivity index (χ0n) is 16.3. The predicted molar refractivity (Wildman–Crippen MR) is 109 cm³/mol. The summed E-state index contributed by atoms with van der Waals surface area (Å²) in [4.78, 5) is 28.2. The Balaban J connectivity index is 1.59. The van der Waals surface area contributed by atoms with E-state index in [1.165, 1.54) is 0 Å². The van der Waals surface area contributed by atoms with Crippen molar-refractivity contribution in [3.8, 4) is 16.9 Å². The van der Waals surface area contributed by atoms with Gasteiger partial charge >= 0.3 is 0 Å². The van der Waals surface area contributed by atoms with Gasteiger partial charge in [-0.25, -0.2) is 0 Å². The number of amides is 2. The molecule has 1 fully saturated rings. The number of likely N-dealkylation sites (N-methyl/N-ethyl adjacent to an activating group) is 1. The molecule has 0 atom stereocenters. The molecular weight excluding hydrogens is 354 g/mol. The van der Waals surface area contributed by atoms with Gasteiger partial charge in [0.25, 0.3) is 0 Å². The largest absolute Gasteiger partial charge is 0.493 e. The normalized spacial score (nSPS) is 14.7. The number of benzene rings is 2. The lowest BCUT2D eigenvalue weighted by atomic mass is 9.98. The molecule has 3 rings (SSSR count). The number of hydrogen-bond acceptors (Lipinski definition) is 4. The Labute approximate surface area is 165 Å². The maximum absolute atomic E-state index is 12.3. The van der Waals surface area contributed by atoms with Crippen LogP contribution < -0.4 is 10.5 Å². The lowest BCUT2D eigenvalue weighted by Gasteiger charge is -2.32. The van der Waals surface area contributed by atoms with E-state index in [2.05, 4.69) is 11.9 Å². The van der Waals surface area contributed by atoms with Crippen LogP contribution in [0.4, 0.5) is 0 Å². The van der Waals surface area contributed by atoms with Gasteiger partial charge < -0.3 is 20.3 Å². The lowest BCUT2D eigenvalue weighted by Crippen LogP contribution is -2.47. The molecule has 0 saturated carbocycles. The van der Waals surface area contributed by atoms with Gasteiger partial charge in [-0.15, -0.1) is 0 Å². The van der Waals surface area contributed by atoms with E-state index in [1.807, 2.05) is 41.3 Å². The number of piperazine rings is 1. The first-order valence-electron chi connectivity index (χ1n) is 9.63. The number of carbonyl (C=O) groups excluding carboxylic acids is 2. The van der Waals surface area contributed by atoms with E-state index in [4.69, 9.17) is 10.5 Å². The molecule has 0 aliphatic carbocycles. The number of nitrogens with two attached hydrogens (primary N) is 1. The zero-order chi connectivity index (χ0) is 19.9. The van der Waals surface area contributed by atoms with Gasteiger partial charge in [-0.1, -0.05) is 36.4 Å². The van der Waals surface area contributed by atoms with E-state index in [0.29, 0.717) is 30.8 Å². The Kier molecular flexibility index (Phi) is 6.66. The number of ether oxygens (including phenoxy) is 1. The SMILES string of the molecule is CN1CCN(C(=O)CCCOc2ccccc2-c2ccccc2C(N)=O)CC1. The van der Waals surface area contributed by atoms with E-state index in [-0.39, 0.29) is 5.91 Å². The van der Waals surface area contributed by atoms with Crippen molar-refractivity contribution >= 4 is 11.8 Å². The predicted octanol–water partition coefficient (Wildman–Crippen LogP) is 2.39. The third-order valence-corrected chi connectivity index (χ3v) is 5.02. The van der Waals surface area contributed by atoms with Gasteiger partial charge in [0.1, 0.15) is 5.75 Å². The fourth-order valence-electron chi connectivity index (χ4n) is 3.37. The molecule has 2 amide bonds. The van der Waals surface area contributed by atoms with Crippen LogP contribution in [0.3, 0.4) is 0 Å². The molecule has 6 nitrogen and oxygen atoms in total. The van der Waals surface area contributed by atoms with Crippen LogP contribution in [-0.4, -0.2) is 61.4 Å². The number of primary amides is 1. The van der Waals surface area contributed by atoms with Crippen molar-refractivity contribution in [3.05, 3.63) is 54.1 Å². The molecule has 0 aromatic heterocycles. The summed E-state index contributed by atoms with van der Waals surface area (Å²) in [5.41, 5.74) is 7.54. The summed E-state index contributed by atoms with van der Waals surface area (Å²) in [5, 5.41) is 0. The number of nitrogens with zero attached hydrogens (tertiary/aromatic N) is 2. The molecule has 1 saturated heterocycles. The summed E-state index contributed by atoms with van der Waals surface area (Å²) in [7, 11) is 2.07. The topological polar surface area (TPSA) is 75.9 Å². The number of para-hydroxylation sites is 1. The molecular formula is C22H27N3O3. The van der Waals surface area contributed by atoms with E-state index >= 15 is 0 Å². The Morgan fingerprint density at radius 2 is 1.61 bits per heavy atom. The third kappa shape index (κ3) is 4.89. The van der Waals surface area contributed by atoms with Gasteiger partial charge in [0.15, 0.2) is 0 Å². The summed E-state index contributed by atoms with van der Waals surface area (Å²) in [5.74, 6) is 0.399. The van der Waals surface area contributed by atoms with E-state index in [1.54, 1.807) is 12.1 Å². The summed E-state index contributed by atoms with van der Waals surface area (Å²) < 4.78 is 5.95. The molecule has 2 aromatic rings. The minimum Gasteiger partial charge on any atom is -0.493 e. The Bertz CT molecular complexity index is 829. The molecule has 2 aromatic carbocycles. The fourth-order valence-corrected chi connectivity index (χ4v) is 3.37. The molecule has 0 spiro atoms. The molecule has 6 heteroatoms. The second-order valence-corrected chi connectivity index (χ2v) is 7.04. The van der Waals surface area contributed by atoms with E-state index in [0.717, 1.165) is 37.3 Å². The fraction of sp³-hybridized carbons (Fsp3) is 0.364. The first-order chi connectivity index (χ1) is 13.6. The van der Waals surface area contributed by atoms with Gasteiger partial charge in [-0.2, -0.15) is 0 Å². The Morgan fingerprint density at radius 1 is 0.964 bits per heavy atom. The standard InChI is InChI=1S/C22H27N3O3/c1-24-12-14-25(15-13-24)21(26)11-6-16-28-20-10-5-4-8-18(20)17-7-2-3-9-19(17)22(23)27/h2-5,7-10H,6,11-16H2,1H3,(H2,23,27). The summed E-state index contributed by atoms with van der Waals surface area (Å²) in [6.07, 6.45) is 1.13. The van der Waals surface area contributed by atoms with Crippen LogP contribution in [0.1, 0.15) is 23.2 Å². The minimum atomic E-state index is -0.469. The van der Waals surface area contributed by atoms with Gasteiger partial charge in [-0.05, 0) is 31.2 Å². The second kappa shape index (κ2) is 9.37. The van der Waals surface area contributed by atoms with Crippen LogP contribution in [-0.2, 0) is 4.79 Å². The quantitative estimate of drug-likeness (QED) is 0.747. The maximum atomic E-state index is 12.3. The monoisotopic (exact) mass is 381 g/mol. The number of rotatable bonds is 7. The van der Waals surface area contributed by atoms with Gasteiger partial charge in [0.2, 0.25) is 11.8 Å². The van der Waals surface area contributed by atoms with Gasteiger partial charge in [0.05, 0.1) is 6.61 Å². The van der Waals surface area contributed by atoms with Crippen molar-refractivity contribution in [1.82, 2.24) is 9.80 Å². The van der Waals surface area contributed by atoms with Gasteiger partial charge in [0, 0.05) is 43.7 Å². The smallest absolute Gasteiger partial charge is 0.249 e.